The highest BCUT2D eigenvalue weighted by Gasteiger charge is 1.39. The molecule has 5 heteroatoms. The molecule has 0 aromatic rings. The molecule has 3 nitrogen and oxygen atoms in total. The van der Waals surface area contributed by atoms with Crippen molar-refractivity contribution in [2.45, 2.75) is 0 Å². The first kappa shape index (κ1) is 10.0. The third-order valence-electron chi connectivity index (χ3n) is 0.0500. The molecule has 0 aliphatic heterocycles. The Morgan fingerprint density at radius 2 is 1.29 bits per heavy atom. The molecule has 0 aromatic heterocycles. The lowest BCUT2D eigenvalue weighted by atomic mass is 10.9. The van der Waals surface area contributed by atoms with Gasteiger partial charge >= 0.3 is 0 Å². The smallest absolute Gasteiger partial charge is 0.181 e. The maximum absolute atomic E-state index is 7.26. The molecular formula is C2Br2N2O. The summed E-state index contributed by atoms with van der Waals surface area (Å²) in [4.78, 5) is 0. The topological polar surface area (TPSA) is 56.8 Å². The Labute approximate surface area is 58.4 Å². The molecular weight excluding hydrogens is 228 g/mol. The van der Waals surface area contributed by atoms with E-state index in [0.29, 0.717) is 0 Å². The van der Waals surface area contributed by atoms with Gasteiger partial charge in [0.15, 0.2) is 12.1 Å². The fraction of sp³-hybridized carbons (Fsp3) is 0. The summed E-state index contributed by atoms with van der Waals surface area (Å²) >= 11 is 5.12. The predicted molar refractivity (Wildman–Crippen MR) is 30.2 cm³/mol. The molecule has 7 heavy (non-hydrogen) atoms. The Morgan fingerprint density at radius 1 is 1.14 bits per heavy atom. The normalized spacial score (nSPS) is 4.00. The van der Waals surface area contributed by atoms with E-state index in [2.05, 4.69) is 35.4 Å². The van der Waals surface area contributed by atoms with E-state index < -0.39 is 0 Å². The van der Waals surface area contributed by atoms with Crippen molar-refractivity contribution in [2.75, 3.05) is 0 Å². The van der Waals surface area contributed by atoms with Crippen molar-refractivity contribution in [1.82, 2.24) is 0 Å². The largest absolute Gasteiger partial charge is 0.230 e. The van der Waals surface area contributed by atoms with Crippen LogP contribution in [0.4, 0.5) is 0 Å². The van der Waals surface area contributed by atoms with E-state index in [4.69, 9.17) is 10.5 Å². The van der Waals surface area contributed by atoms with E-state index in [-0.39, 0.29) is 0 Å². The van der Waals surface area contributed by atoms with E-state index in [0.717, 1.165) is 0 Å². The van der Waals surface area contributed by atoms with Gasteiger partial charge in [-0.25, -0.2) is 2.92 Å². The van der Waals surface area contributed by atoms with Crippen molar-refractivity contribution in [3.8, 4) is 12.1 Å². The van der Waals surface area contributed by atoms with Gasteiger partial charge < -0.3 is 0 Å². The van der Waals surface area contributed by atoms with Crippen molar-refractivity contribution >= 4 is 32.5 Å². The molecule has 0 atom stereocenters. The van der Waals surface area contributed by atoms with Crippen LogP contribution in [0.25, 0.3) is 0 Å². The maximum Gasteiger partial charge on any atom is 0.181 e. The first-order chi connectivity index (χ1) is 3.33. The minimum atomic E-state index is 1.24. The summed E-state index contributed by atoms with van der Waals surface area (Å²) in [7, 11) is 0. The molecule has 0 radical (unpaired) electrons. The van der Waals surface area contributed by atoms with Crippen LogP contribution in [0.5, 0.6) is 0 Å². The van der Waals surface area contributed by atoms with Crippen molar-refractivity contribution in [3.63, 3.8) is 0 Å². The van der Waals surface area contributed by atoms with Crippen LogP contribution in [0.2, 0.25) is 0 Å². The molecule has 0 aromatic carbocycles. The maximum atomic E-state index is 7.26. The second-order valence-electron chi connectivity index (χ2n) is 0.282. The first-order valence-corrected chi connectivity index (χ1v) is 2.30. The van der Waals surface area contributed by atoms with Gasteiger partial charge in [-0.15, -0.1) is 0 Å². The van der Waals surface area contributed by atoms with Crippen molar-refractivity contribution < 1.29 is 2.92 Å². The predicted octanol–water partition coefficient (Wildman–Crippen LogP) is 1.66. The number of hydrogen-bond donors (Lipinski definition) is 0. The van der Waals surface area contributed by atoms with Crippen LogP contribution in [0.1, 0.15) is 0 Å². The zero-order valence-corrected chi connectivity index (χ0v) is 6.23. The second kappa shape index (κ2) is 16.8. The molecule has 0 heterocycles. The van der Waals surface area contributed by atoms with Crippen molar-refractivity contribution in [3.05, 3.63) is 0 Å². The Morgan fingerprint density at radius 3 is 1.29 bits per heavy atom. The molecule has 0 N–H and O–H groups in total. The van der Waals surface area contributed by atoms with Crippen molar-refractivity contribution in [2.24, 2.45) is 0 Å². The van der Waals surface area contributed by atoms with E-state index in [1.807, 2.05) is 0 Å². The second-order valence-corrected chi connectivity index (χ2v) is 1.80. The minimum Gasteiger partial charge on any atom is -0.230 e. The highest BCUT2D eigenvalue weighted by Crippen LogP contribution is 1.88. The Kier molecular flexibility index (Phi) is 24.1. The van der Waals surface area contributed by atoms with E-state index in [1.165, 1.54) is 12.1 Å². The van der Waals surface area contributed by atoms with Crippen LogP contribution in [-0.2, 0) is 2.92 Å². The summed E-state index contributed by atoms with van der Waals surface area (Å²) in [6.45, 7) is 0. The third-order valence-corrected chi connectivity index (χ3v) is 0.0500. The average molecular weight is 228 g/mol. The molecule has 0 unspecified atom stereocenters. The van der Waals surface area contributed by atoms with Gasteiger partial charge in [0.25, 0.3) is 0 Å². The fourth-order valence-corrected chi connectivity index (χ4v) is 0. The number of hydrogen-bond acceptors (Lipinski definition) is 3. The first-order valence-electron chi connectivity index (χ1n) is 1.01. The van der Waals surface area contributed by atoms with Crippen LogP contribution in [0.3, 0.4) is 0 Å². The van der Waals surface area contributed by atoms with Crippen LogP contribution in [-0.4, -0.2) is 0 Å². The quantitative estimate of drug-likeness (QED) is 0.633. The van der Waals surface area contributed by atoms with Gasteiger partial charge in [0.2, 0.25) is 0 Å². The summed E-state index contributed by atoms with van der Waals surface area (Å²) in [6, 6.07) is 2.47. The van der Waals surface area contributed by atoms with Crippen LogP contribution < -0.4 is 0 Å². The molecule has 0 amide bonds. The van der Waals surface area contributed by atoms with Crippen LogP contribution in [0.15, 0.2) is 0 Å². The summed E-state index contributed by atoms with van der Waals surface area (Å²) < 4.78 is 3.88. The van der Waals surface area contributed by atoms with Gasteiger partial charge in [-0.1, -0.05) is 0 Å². The highest BCUT2D eigenvalue weighted by molar-refractivity contribution is 9.18. The van der Waals surface area contributed by atoms with E-state index in [9.17, 15) is 0 Å². The molecule has 0 spiro atoms. The number of halogens is 2. The van der Waals surface area contributed by atoms with Crippen LogP contribution >= 0.6 is 32.5 Å². The van der Waals surface area contributed by atoms with Gasteiger partial charge in [-0.05, 0) is 0 Å². The van der Waals surface area contributed by atoms with Gasteiger partial charge in [0.1, 0.15) is 32.5 Å². The summed E-state index contributed by atoms with van der Waals surface area (Å²) in [5, 5.41) is 14.5. The summed E-state index contributed by atoms with van der Waals surface area (Å²) in [6.07, 6.45) is 0. The lowest BCUT2D eigenvalue weighted by molar-refractivity contribution is 0.838. The molecule has 38 valence electrons. The zero-order valence-electron chi connectivity index (χ0n) is 3.06. The lowest BCUT2D eigenvalue weighted by Crippen LogP contribution is -1.26. The summed E-state index contributed by atoms with van der Waals surface area (Å²) in [5.41, 5.74) is 0. The molecule has 0 aliphatic rings. The third kappa shape index (κ3) is 111. The standard InChI is InChI=1S/C2N2.Br2O/c3-1-2-4;1-3-2. The minimum absolute atomic E-state index is 1.24. The van der Waals surface area contributed by atoms with Crippen LogP contribution in [0, 0.1) is 22.7 Å². The average Bonchev–Trinajstić information content (AvgIpc) is 1.69. The monoisotopic (exact) mass is 226 g/mol. The molecule has 0 bridgehead atoms. The molecule has 0 aliphatic carbocycles. The molecule has 0 fully saturated rings. The zero-order chi connectivity index (χ0) is 6.12. The van der Waals surface area contributed by atoms with Gasteiger partial charge in [-0.2, -0.15) is 10.5 Å². The summed E-state index contributed by atoms with van der Waals surface area (Å²) in [5.74, 6) is 0. The van der Waals surface area contributed by atoms with Gasteiger partial charge in [-0.3, -0.25) is 0 Å². The lowest BCUT2D eigenvalue weighted by Gasteiger charge is -1.48. The molecule has 0 rings (SSSR count). The van der Waals surface area contributed by atoms with Gasteiger partial charge in [0.05, 0.1) is 0 Å². The molecule has 0 saturated heterocycles. The van der Waals surface area contributed by atoms with Gasteiger partial charge in [0, 0.05) is 0 Å². The highest BCUT2D eigenvalue weighted by atomic mass is 79.9. The number of nitrogens with zero attached hydrogens (tertiary/aromatic N) is 2. The Hall–Kier alpha value is -0.100. The Bertz CT molecular complexity index is 78.8. The number of rotatable bonds is 0. The molecule has 0 saturated carbocycles. The SMILES string of the molecule is BrOBr.N#CC#N. The Balaban J connectivity index is 0. The van der Waals surface area contributed by atoms with E-state index >= 15 is 0 Å². The number of nitriles is 2. The fourth-order valence-electron chi connectivity index (χ4n) is 0. The van der Waals surface area contributed by atoms with Crippen molar-refractivity contribution in [1.29, 1.82) is 10.5 Å². The van der Waals surface area contributed by atoms with E-state index in [1.54, 1.807) is 0 Å².